The molecule has 0 fully saturated rings. The second-order valence-corrected chi connectivity index (χ2v) is 6.03. The van der Waals surface area contributed by atoms with E-state index in [2.05, 4.69) is 20.6 Å². The van der Waals surface area contributed by atoms with Gasteiger partial charge in [-0.1, -0.05) is 18.2 Å². The van der Waals surface area contributed by atoms with E-state index in [0.717, 1.165) is 33.9 Å². The van der Waals surface area contributed by atoms with Crippen LogP contribution in [0.4, 0.5) is 17.3 Å². The van der Waals surface area contributed by atoms with Gasteiger partial charge in [0.05, 0.1) is 17.8 Å². The molecule has 0 atom stereocenters. The molecule has 0 aliphatic carbocycles. The molecule has 2 N–H and O–H groups in total. The van der Waals surface area contributed by atoms with Crippen LogP contribution in [0.25, 0.3) is 11.3 Å². The van der Waals surface area contributed by atoms with E-state index < -0.39 is 0 Å². The quantitative estimate of drug-likeness (QED) is 0.742. The van der Waals surface area contributed by atoms with Crippen molar-refractivity contribution in [1.29, 1.82) is 0 Å². The third kappa shape index (κ3) is 2.50. The van der Waals surface area contributed by atoms with Crippen LogP contribution in [-0.2, 0) is 11.2 Å². The number of anilines is 3. The summed E-state index contributed by atoms with van der Waals surface area (Å²) < 4.78 is 10.7. The number of nitrogens with one attached hydrogen (secondary N) is 2. The molecule has 7 nitrogen and oxygen atoms in total. The van der Waals surface area contributed by atoms with Crippen molar-refractivity contribution in [3.63, 3.8) is 0 Å². The fourth-order valence-electron chi connectivity index (χ4n) is 3.10. The third-order valence-corrected chi connectivity index (χ3v) is 4.30. The van der Waals surface area contributed by atoms with Gasteiger partial charge in [-0.05, 0) is 18.2 Å². The van der Waals surface area contributed by atoms with Crippen LogP contribution in [0.2, 0.25) is 0 Å². The Morgan fingerprint density at radius 2 is 1.96 bits per heavy atom. The van der Waals surface area contributed by atoms with Crippen LogP contribution in [0, 0.1) is 0 Å². The summed E-state index contributed by atoms with van der Waals surface area (Å²) in [6, 6.07) is 13.2. The van der Waals surface area contributed by atoms with Gasteiger partial charge in [-0.25, -0.2) is 9.97 Å². The Bertz CT molecular complexity index is 1040. The van der Waals surface area contributed by atoms with E-state index in [1.165, 1.54) is 0 Å². The highest BCUT2D eigenvalue weighted by Gasteiger charge is 2.21. The van der Waals surface area contributed by atoms with Crippen molar-refractivity contribution < 1.29 is 14.3 Å². The van der Waals surface area contributed by atoms with Gasteiger partial charge in [0.15, 0.2) is 11.5 Å². The first-order valence-corrected chi connectivity index (χ1v) is 8.18. The van der Waals surface area contributed by atoms with Gasteiger partial charge in [0.1, 0.15) is 0 Å². The van der Waals surface area contributed by atoms with E-state index in [1.54, 1.807) is 6.20 Å². The minimum atomic E-state index is -0.0729. The maximum Gasteiger partial charge on any atom is 0.231 e. The number of benzene rings is 2. The number of amides is 1. The molecule has 26 heavy (non-hydrogen) atoms. The van der Waals surface area contributed by atoms with Crippen LogP contribution in [0.5, 0.6) is 11.5 Å². The predicted octanol–water partition coefficient (Wildman–Crippen LogP) is 3.11. The van der Waals surface area contributed by atoms with E-state index in [4.69, 9.17) is 9.47 Å². The van der Waals surface area contributed by atoms with E-state index in [-0.39, 0.29) is 19.1 Å². The molecular weight excluding hydrogens is 332 g/mol. The second kappa shape index (κ2) is 5.73. The number of hydrogen-bond donors (Lipinski definition) is 2. The summed E-state index contributed by atoms with van der Waals surface area (Å²) in [7, 11) is 0. The number of carbonyl (C=O) groups excluding carboxylic acids is 1. The molecule has 7 heteroatoms. The summed E-state index contributed by atoms with van der Waals surface area (Å²) in [5, 5.41) is 6.09. The number of rotatable bonds is 2. The Morgan fingerprint density at radius 3 is 2.92 bits per heavy atom. The fourth-order valence-corrected chi connectivity index (χ4v) is 3.10. The number of ether oxygens (including phenoxy) is 2. The molecule has 1 amide bonds. The summed E-state index contributed by atoms with van der Waals surface area (Å²) >= 11 is 0. The number of hydrogen-bond acceptors (Lipinski definition) is 6. The van der Waals surface area contributed by atoms with E-state index in [1.807, 2.05) is 42.5 Å². The highest BCUT2D eigenvalue weighted by Crippen LogP contribution is 2.36. The molecule has 0 saturated heterocycles. The lowest BCUT2D eigenvalue weighted by Gasteiger charge is -2.10. The SMILES string of the molecule is O=C1Cc2cnc(Nc3ccc4c(c3)OCO4)nc2-c2ccccc2N1. The minimum Gasteiger partial charge on any atom is -0.454 e. The van der Waals surface area contributed by atoms with Crippen molar-refractivity contribution in [3.05, 3.63) is 54.2 Å². The lowest BCUT2D eigenvalue weighted by Crippen LogP contribution is -2.12. The molecule has 3 aromatic rings. The monoisotopic (exact) mass is 346 g/mol. The van der Waals surface area contributed by atoms with Gasteiger partial charge in [0.25, 0.3) is 0 Å². The van der Waals surface area contributed by atoms with Gasteiger partial charge in [0.2, 0.25) is 18.6 Å². The van der Waals surface area contributed by atoms with Crippen molar-refractivity contribution in [1.82, 2.24) is 9.97 Å². The van der Waals surface area contributed by atoms with E-state index in [9.17, 15) is 4.79 Å². The first-order chi connectivity index (χ1) is 12.8. The summed E-state index contributed by atoms with van der Waals surface area (Å²) in [6.45, 7) is 0.228. The van der Waals surface area contributed by atoms with Crippen LogP contribution in [-0.4, -0.2) is 22.7 Å². The zero-order chi connectivity index (χ0) is 17.5. The minimum absolute atomic E-state index is 0.0729. The fraction of sp³-hybridized carbons (Fsp3) is 0.105. The molecule has 2 aliphatic rings. The van der Waals surface area contributed by atoms with Crippen LogP contribution in [0.3, 0.4) is 0 Å². The van der Waals surface area contributed by atoms with Gasteiger partial charge < -0.3 is 20.1 Å². The van der Waals surface area contributed by atoms with Gasteiger partial charge in [0, 0.05) is 29.1 Å². The van der Waals surface area contributed by atoms with Crippen molar-refractivity contribution in [2.24, 2.45) is 0 Å². The predicted molar refractivity (Wildman–Crippen MR) is 95.6 cm³/mol. The molecule has 128 valence electrons. The summed E-state index contributed by atoms with van der Waals surface area (Å²) in [6.07, 6.45) is 1.94. The average Bonchev–Trinajstić information content (AvgIpc) is 3.06. The van der Waals surface area contributed by atoms with Gasteiger partial charge in [-0.15, -0.1) is 0 Å². The molecule has 5 rings (SSSR count). The molecule has 2 aromatic carbocycles. The summed E-state index contributed by atoms with van der Waals surface area (Å²) in [5.74, 6) is 1.78. The zero-order valence-corrected chi connectivity index (χ0v) is 13.7. The lowest BCUT2D eigenvalue weighted by molar-refractivity contribution is -0.115. The van der Waals surface area contributed by atoms with E-state index in [0.29, 0.717) is 11.7 Å². The van der Waals surface area contributed by atoms with Crippen LogP contribution in [0.1, 0.15) is 5.56 Å². The second-order valence-electron chi connectivity index (χ2n) is 6.03. The number of para-hydroxylation sites is 1. The largest absolute Gasteiger partial charge is 0.454 e. The van der Waals surface area contributed by atoms with Crippen LogP contribution >= 0.6 is 0 Å². The zero-order valence-electron chi connectivity index (χ0n) is 13.7. The summed E-state index contributed by atoms with van der Waals surface area (Å²) in [5.41, 5.74) is 3.97. The van der Waals surface area contributed by atoms with Crippen molar-refractivity contribution in [2.45, 2.75) is 6.42 Å². The Hall–Kier alpha value is -3.61. The van der Waals surface area contributed by atoms with Crippen LogP contribution < -0.4 is 20.1 Å². The van der Waals surface area contributed by atoms with Gasteiger partial charge >= 0.3 is 0 Å². The van der Waals surface area contributed by atoms with E-state index >= 15 is 0 Å². The topological polar surface area (TPSA) is 85.4 Å². The maximum atomic E-state index is 12.1. The average molecular weight is 346 g/mol. The Morgan fingerprint density at radius 1 is 1.08 bits per heavy atom. The molecule has 0 spiro atoms. The molecule has 0 bridgehead atoms. The Balaban J connectivity index is 1.54. The number of aromatic nitrogens is 2. The summed E-state index contributed by atoms with van der Waals surface area (Å²) in [4.78, 5) is 21.1. The smallest absolute Gasteiger partial charge is 0.231 e. The maximum absolute atomic E-state index is 12.1. The Labute approximate surface area is 149 Å². The molecule has 0 radical (unpaired) electrons. The standard InChI is InChI=1S/C19H14N4O3/c24-17-7-11-9-20-19(21-12-5-6-15-16(8-12)26-10-25-15)23-18(11)13-3-1-2-4-14(13)22-17/h1-6,8-9H,7,10H2,(H,22,24)(H,20,21,23). The van der Waals surface area contributed by atoms with Crippen LogP contribution in [0.15, 0.2) is 48.7 Å². The third-order valence-electron chi connectivity index (χ3n) is 4.30. The van der Waals surface area contributed by atoms with Crippen molar-refractivity contribution in [2.75, 3.05) is 17.4 Å². The van der Waals surface area contributed by atoms with Gasteiger partial charge in [-0.2, -0.15) is 0 Å². The molecule has 1 aromatic heterocycles. The first-order valence-electron chi connectivity index (χ1n) is 8.18. The molecular formula is C19H14N4O3. The first kappa shape index (κ1) is 14.7. The molecule has 0 unspecified atom stereocenters. The lowest BCUT2D eigenvalue weighted by atomic mass is 10.1. The number of nitrogens with zero attached hydrogens (tertiary/aromatic N) is 2. The van der Waals surface area contributed by atoms with Crippen molar-refractivity contribution >= 4 is 23.2 Å². The molecule has 0 saturated carbocycles. The molecule has 2 aliphatic heterocycles. The number of carbonyl (C=O) groups is 1. The Kier molecular flexibility index (Phi) is 3.24. The molecule has 3 heterocycles. The van der Waals surface area contributed by atoms with Crippen molar-refractivity contribution in [3.8, 4) is 22.8 Å². The highest BCUT2D eigenvalue weighted by atomic mass is 16.7. The normalized spacial score (nSPS) is 14.1. The van der Waals surface area contributed by atoms with Gasteiger partial charge in [-0.3, -0.25) is 4.79 Å². The number of fused-ring (bicyclic) bond motifs is 4. The highest BCUT2D eigenvalue weighted by molar-refractivity contribution is 5.99.